The predicted octanol–water partition coefficient (Wildman–Crippen LogP) is 3.68. The minimum atomic E-state index is -0.956. The van der Waals surface area contributed by atoms with E-state index in [2.05, 4.69) is 0 Å². The zero-order valence-electron chi connectivity index (χ0n) is 12.1. The molecule has 0 saturated heterocycles. The minimum absolute atomic E-state index is 0.0397. The maximum absolute atomic E-state index is 13.9. The summed E-state index contributed by atoms with van der Waals surface area (Å²) < 4.78 is 13.9. The monoisotopic (exact) mass is 299 g/mol. The highest BCUT2D eigenvalue weighted by Crippen LogP contribution is 2.41. The molecule has 0 aliphatic heterocycles. The van der Waals surface area contributed by atoms with Crippen molar-refractivity contribution in [2.75, 3.05) is 0 Å². The number of rotatable bonds is 3. The standard InChI is InChI=1S/C16H23ClFNO/c1-15(2,19)14-5-3-4-8-16(14,20)10-11-9-12(17)6-7-13(11)18/h6-7,9,14,20H,3-5,8,10,19H2,1-2H3/t14-,16+/m0/s1. The Morgan fingerprint density at radius 1 is 1.45 bits per heavy atom. The van der Waals surface area contributed by atoms with E-state index in [9.17, 15) is 9.50 Å². The van der Waals surface area contributed by atoms with Crippen LogP contribution in [0.5, 0.6) is 0 Å². The number of nitrogens with two attached hydrogens (primary N) is 1. The summed E-state index contributed by atoms with van der Waals surface area (Å²) in [4.78, 5) is 0. The smallest absolute Gasteiger partial charge is 0.126 e. The van der Waals surface area contributed by atoms with Gasteiger partial charge in [-0.3, -0.25) is 0 Å². The maximum atomic E-state index is 13.9. The Hall–Kier alpha value is -0.640. The molecule has 20 heavy (non-hydrogen) atoms. The van der Waals surface area contributed by atoms with E-state index in [-0.39, 0.29) is 18.2 Å². The fraction of sp³-hybridized carbons (Fsp3) is 0.625. The molecule has 0 heterocycles. The van der Waals surface area contributed by atoms with Gasteiger partial charge < -0.3 is 10.8 Å². The fourth-order valence-corrected chi connectivity index (χ4v) is 3.70. The number of halogens is 2. The number of aliphatic hydroxyl groups is 1. The van der Waals surface area contributed by atoms with Crippen molar-refractivity contribution in [3.8, 4) is 0 Å². The highest BCUT2D eigenvalue weighted by molar-refractivity contribution is 6.30. The van der Waals surface area contributed by atoms with Crippen molar-refractivity contribution in [1.82, 2.24) is 0 Å². The fourth-order valence-electron chi connectivity index (χ4n) is 3.51. The van der Waals surface area contributed by atoms with Crippen molar-refractivity contribution in [3.63, 3.8) is 0 Å². The second-order valence-electron chi connectivity index (χ2n) is 6.64. The lowest BCUT2D eigenvalue weighted by Crippen LogP contribution is -2.56. The van der Waals surface area contributed by atoms with Gasteiger partial charge in [0, 0.05) is 22.9 Å². The summed E-state index contributed by atoms with van der Waals surface area (Å²) in [5.41, 5.74) is 5.26. The maximum Gasteiger partial charge on any atom is 0.126 e. The van der Waals surface area contributed by atoms with Crippen molar-refractivity contribution in [3.05, 3.63) is 34.6 Å². The van der Waals surface area contributed by atoms with Crippen LogP contribution in [0.25, 0.3) is 0 Å². The molecule has 2 nitrogen and oxygen atoms in total. The molecular formula is C16H23ClFNO. The van der Waals surface area contributed by atoms with Crippen LogP contribution in [-0.2, 0) is 6.42 Å². The van der Waals surface area contributed by atoms with Crippen LogP contribution in [0.3, 0.4) is 0 Å². The molecular weight excluding hydrogens is 277 g/mol. The van der Waals surface area contributed by atoms with Crippen LogP contribution in [0.2, 0.25) is 5.02 Å². The normalized spacial score (nSPS) is 27.6. The van der Waals surface area contributed by atoms with Gasteiger partial charge in [-0.25, -0.2) is 4.39 Å². The Bertz CT molecular complexity index is 486. The van der Waals surface area contributed by atoms with Crippen molar-refractivity contribution in [1.29, 1.82) is 0 Å². The van der Waals surface area contributed by atoms with E-state index >= 15 is 0 Å². The van der Waals surface area contributed by atoms with Crippen molar-refractivity contribution in [2.45, 2.75) is 57.1 Å². The molecule has 0 radical (unpaired) electrons. The first-order valence-corrected chi connectivity index (χ1v) is 7.55. The van der Waals surface area contributed by atoms with Crippen LogP contribution in [0, 0.1) is 11.7 Å². The van der Waals surface area contributed by atoms with Crippen LogP contribution in [0.1, 0.15) is 45.1 Å². The lowest BCUT2D eigenvalue weighted by molar-refractivity contribution is -0.0721. The van der Waals surface area contributed by atoms with Crippen LogP contribution in [0.4, 0.5) is 4.39 Å². The van der Waals surface area contributed by atoms with Crippen molar-refractivity contribution < 1.29 is 9.50 Å². The average Bonchev–Trinajstić information content (AvgIpc) is 2.32. The molecule has 1 aromatic rings. The van der Waals surface area contributed by atoms with Gasteiger partial charge in [-0.05, 0) is 50.5 Å². The lowest BCUT2D eigenvalue weighted by atomic mass is 9.65. The quantitative estimate of drug-likeness (QED) is 0.894. The Labute approximate surface area is 125 Å². The molecule has 1 aliphatic carbocycles. The molecule has 112 valence electrons. The van der Waals surface area contributed by atoms with Crippen molar-refractivity contribution >= 4 is 11.6 Å². The summed E-state index contributed by atoms with van der Waals surface area (Å²) in [5.74, 6) is -0.357. The van der Waals surface area contributed by atoms with Crippen LogP contribution < -0.4 is 5.73 Å². The van der Waals surface area contributed by atoms with E-state index in [0.717, 1.165) is 19.3 Å². The molecule has 1 aliphatic rings. The third-order valence-electron chi connectivity index (χ3n) is 4.40. The second-order valence-corrected chi connectivity index (χ2v) is 7.07. The average molecular weight is 300 g/mol. The first-order chi connectivity index (χ1) is 9.22. The van der Waals surface area contributed by atoms with E-state index in [0.29, 0.717) is 17.0 Å². The van der Waals surface area contributed by atoms with Crippen molar-refractivity contribution in [2.24, 2.45) is 11.7 Å². The van der Waals surface area contributed by atoms with Crippen LogP contribution >= 0.6 is 11.6 Å². The molecule has 0 spiro atoms. The molecule has 1 fully saturated rings. The summed E-state index contributed by atoms with van der Waals surface area (Å²) in [6.45, 7) is 3.87. The molecule has 2 atom stereocenters. The zero-order chi connectivity index (χ0) is 15.0. The third-order valence-corrected chi connectivity index (χ3v) is 4.64. The molecule has 1 aromatic carbocycles. The van der Waals surface area contributed by atoms with Crippen LogP contribution in [-0.4, -0.2) is 16.2 Å². The van der Waals surface area contributed by atoms with Gasteiger partial charge in [-0.2, -0.15) is 0 Å². The molecule has 0 amide bonds. The van der Waals surface area contributed by atoms with Gasteiger partial charge >= 0.3 is 0 Å². The van der Waals surface area contributed by atoms with Gasteiger partial charge in [-0.15, -0.1) is 0 Å². The number of hydrogen-bond acceptors (Lipinski definition) is 2. The first-order valence-electron chi connectivity index (χ1n) is 7.17. The topological polar surface area (TPSA) is 46.2 Å². The van der Waals surface area contributed by atoms with E-state index < -0.39 is 11.1 Å². The van der Waals surface area contributed by atoms with E-state index in [4.69, 9.17) is 17.3 Å². The van der Waals surface area contributed by atoms with E-state index in [1.807, 2.05) is 13.8 Å². The molecule has 0 aromatic heterocycles. The number of hydrogen-bond donors (Lipinski definition) is 2. The lowest BCUT2D eigenvalue weighted by Gasteiger charge is -2.46. The summed E-state index contributed by atoms with van der Waals surface area (Å²) in [7, 11) is 0. The second kappa shape index (κ2) is 5.63. The van der Waals surface area contributed by atoms with Crippen LogP contribution in [0.15, 0.2) is 18.2 Å². The molecule has 4 heteroatoms. The third kappa shape index (κ3) is 3.33. The van der Waals surface area contributed by atoms with Gasteiger partial charge in [0.2, 0.25) is 0 Å². The van der Waals surface area contributed by atoms with Gasteiger partial charge in [-0.1, -0.05) is 24.4 Å². The highest BCUT2D eigenvalue weighted by Gasteiger charge is 2.45. The largest absolute Gasteiger partial charge is 0.389 e. The summed E-state index contributed by atoms with van der Waals surface area (Å²) >= 11 is 5.93. The molecule has 3 N–H and O–H groups in total. The van der Waals surface area contributed by atoms with Gasteiger partial charge in [0.25, 0.3) is 0 Å². The van der Waals surface area contributed by atoms with Gasteiger partial charge in [0.1, 0.15) is 5.82 Å². The van der Waals surface area contributed by atoms with Gasteiger partial charge in [0.15, 0.2) is 0 Å². The summed E-state index contributed by atoms with van der Waals surface area (Å²) in [6.07, 6.45) is 3.81. The molecule has 0 unspecified atom stereocenters. The molecule has 0 bridgehead atoms. The predicted molar refractivity (Wildman–Crippen MR) is 80.3 cm³/mol. The zero-order valence-corrected chi connectivity index (χ0v) is 12.9. The Morgan fingerprint density at radius 3 is 2.80 bits per heavy atom. The summed E-state index contributed by atoms with van der Waals surface area (Å²) in [6, 6.07) is 4.48. The SMILES string of the molecule is CC(C)(N)[C@@H]1CCCC[C@@]1(O)Cc1cc(Cl)ccc1F. The Balaban J connectivity index is 2.30. The molecule has 2 rings (SSSR count). The Kier molecular flexibility index (Phi) is 4.43. The van der Waals surface area contributed by atoms with E-state index in [1.165, 1.54) is 12.1 Å². The molecule has 1 saturated carbocycles. The van der Waals surface area contributed by atoms with E-state index in [1.54, 1.807) is 6.07 Å². The Morgan fingerprint density at radius 2 is 2.15 bits per heavy atom. The number of benzene rings is 1. The summed E-state index contributed by atoms with van der Waals surface area (Å²) in [5, 5.41) is 11.5. The highest BCUT2D eigenvalue weighted by atomic mass is 35.5. The first kappa shape index (κ1) is 15.7. The van der Waals surface area contributed by atoms with Gasteiger partial charge in [0.05, 0.1) is 5.60 Å². The minimum Gasteiger partial charge on any atom is -0.389 e.